The second kappa shape index (κ2) is 8.10. The zero-order valence-electron chi connectivity index (χ0n) is 15.2. The summed E-state index contributed by atoms with van der Waals surface area (Å²) in [6.07, 6.45) is 0. The molecule has 1 atom stereocenters. The molecule has 0 saturated carbocycles. The smallest absolute Gasteiger partial charge is 0.252 e. The number of primary amides is 1. The number of rotatable bonds is 6. The molecule has 0 spiro atoms. The third-order valence-electron chi connectivity index (χ3n) is 4.77. The number of hydrogen-bond donors (Lipinski definition) is 3. The van der Waals surface area contributed by atoms with E-state index in [1.54, 1.807) is 6.07 Å². The van der Waals surface area contributed by atoms with Gasteiger partial charge >= 0.3 is 0 Å². The Kier molecular flexibility index (Phi) is 5.63. The quantitative estimate of drug-likeness (QED) is 0.691. The summed E-state index contributed by atoms with van der Waals surface area (Å²) in [6, 6.07) is 16.1. The number of carbonyl (C=O) groups excluding carboxylic acids is 1. The molecule has 1 amide bonds. The van der Waals surface area contributed by atoms with Gasteiger partial charge in [0.2, 0.25) is 0 Å². The largest absolute Gasteiger partial charge is 0.398 e. The Morgan fingerprint density at radius 3 is 2.42 bits per heavy atom. The first-order chi connectivity index (χ1) is 12.5. The highest BCUT2D eigenvalue weighted by Crippen LogP contribution is 2.22. The Bertz CT molecular complexity index is 741. The van der Waals surface area contributed by atoms with Gasteiger partial charge in [0.15, 0.2) is 0 Å². The van der Waals surface area contributed by atoms with Crippen molar-refractivity contribution >= 4 is 23.0 Å². The van der Waals surface area contributed by atoms with Crippen molar-refractivity contribution in [2.45, 2.75) is 13.0 Å². The molecule has 1 saturated heterocycles. The Labute approximate surface area is 154 Å². The number of anilines is 3. The number of benzene rings is 2. The van der Waals surface area contributed by atoms with Crippen LogP contribution in [0.15, 0.2) is 48.5 Å². The molecule has 1 aliphatic heterocycles. The number of para-hydroxylation sites is 1. The molecular formula is C20H27N5O. The van der Waals surface area contributed by atoms with E-state index in [1.165, 1.54) is 5.69 Å². The predicted molar refractivity (Wildman–Crippen MR) is 108 cm³/mol. The van der Waals surface area contributed by atoms with Gasteiger partial charge in [-0.05, 0) is 31.2 Å². The van der Waals surface area contributed by atoms with Crippen molar-refractivity contribution in [1.82, 2.24) is 4.90 Å². The molecule has 138 valence electrons. The summed E-state index contributed by atoms with van der Waals surface area (Å²) in [7, 11) is 0. The lowest BCUT2D eigenvalue weighted by atomic mass is 10.1. The van der Waals surface area contributed by atoms with E-state index >= 15 is 0 Å². The summed E-state index contributed by atoms with van der Waals surface area (Å²) in [5, 5.41) is 3.39. The lowest BCUT2D eigenvalue weighted by Crippen LogP contribution is -2.49. The number of nitrogens with zero attached hydrogens (tertiary/aromatic N) is 2. The van der Waals surface area contributed by atoms with Crippen molar-refractivity contribution in [3.63, 3.8) is 0 Å². The fraction of sp³-hybridized carbons (Fsp3) is 0.350. The average Bonchev–Trinajstić information content (AvgIpc) is 2.63. The molecule has 1 unspecified atom stereocenters. The molecule has 0 aromatic heterocycles. The minimum atomic E-state index is -0.505. The lowest BCUT2D eigenvalue weighted by molar-refractivity contribution is 0.100. The number of carbonyl (C=O) groups is 1. The highest BCUT2D eigenvalue weighted by atomic mass is 16.1. The first kappa shape index (κ1) is 18.1. The van der Waals surface area contributed by atoms with Crippen LogP contribution in [0.2, 0.25) is 0 Å². The van der Waals surface area contributed by atoms with E-state index in [0.29, 0.717) is 16.9 Å². The van der Waals surface area contributed by atoms with Gasteiger partial charge < -0.3 is 21.7 Å². The van der Waals surface area contributed by atoms with Crippen LogP contribution in [0.1, 0.15) is 17.3 Å². The van der Waals surface area contributed by atoms with Crippen molar-refractivity contribution in [3.05, 3.63) is 54.1 Å². The van der Waals surface area contributed by atoms with Gasteiger partial charge in [0.25, 0.3) is 5.91 Å². The maximum Gasteiger partial charge on any atom is 0.252 e. The van der Waals surface area contributed by atoms with Crippen LogP contribution in [0, 0.1) is 0 Å². The summed E-state index contributed by atoms with van der Waals surface area (Å²) in [6.45, 7) is 7.07. The summed E-state index contributed by atoms with van der Waals surface area (Å²) < 4.78 is 0. The number of amides is 1. The molecule has 0 bridgehead atoms. The Hall–Kier alpha value is -2.73. The van der Waals surface area contributed by atoms with E-state index in [4.69, 9.17) is 11.5 Å². The molecule has 0 radical (unpaired) electrons. The van der Waals surface area contributed by atoms with Crippen LogP contribution in [0.5, 0.6) is 0 Å². The fourth-order valence-corrected chi connectivity index (χ4v) is 3.49. The molecule has 0 aliphatic carbocycles. The predicted octanol–water partition coefficient (Wildman–Crippen LogP) is 1.99. The van der Waals surface area contributed by atoms with Crippen LogP contribution in [-0.4, -0.2) is 49.6 Å². The Balaban J connectivity index is 1.55. The van der Waals surface area contributed by atoms with Gasteiger partial charge in [-0.25, -0.2) is 0 Å². The minimum Gasteiger partial charge on any atom is -0.398 e. The number of piperazine rings is 1. The van der Waals surface area contributed by atoms with Crippen molar-refractivity contribution in [3.8, 4) is 0 Å². The van der Waals surface area contributed by atoms with E-state index in [-0.39, 0.29) is 6.04 Å². The molecule has 1 aliphatic rings. The van der Waals surface area contributed by atoms with Crippen LogP contribution < -0.4 is 21.7 Å². The van der Waals surface area contributed by atoms with E-state index in [0.717, 1.165) is 32.7 Å². The third-order valence-corrected chi connectivity index (χ3v) is 4.77. The van der Waals surface area contributed by atoms with Crippen LogP contribution in [0.25, 0.3) is 0 Å². The first-order valence-corrected chi connectivity index (χ1v) is 9.02. The molecule has 26 heavy (non-hydrogen) atoms. The molecule has 1 heterocycles. The average molecular weight is 353 g/mol. The third kappa shape index (κ3) is 4.26. The zero-order chi connectivity index (χ0) is 18.5. The van der Waals surface area contributed by atoms with Gasteiger partial charge in [-0.3, -0.25) is 9.69 Å². The molecule has 6 nitrogen and oxygen atoms in total. The van der Waals surface area contributed by atoms with Crippen LogP contribution in [0.4, 0.5) is 17.1 Å². The molecule has 2 aromatic carbocycles. The standard InChI is InChI=1S/C20H27N5O/c1-15(23-18-9-5-8-17(21)19(18)20(22)26)14-24-10-12-25(13-11-24)16-6-3-2-4-7-16/h2-9,15,23H,10-14,21H2,1H3,(H2,22,26). The summed E-state index contributed by atoms with van der Waals surface area (Å²) in [5.74, 6) is -0.505. The summed E-state index contributed by atoms with van der Waals surface area (Å²) >= 11 is 0. The highest BCUT2D eigenvalue weighted by Gasteiger charge is 2.20. The number of hydrogen-bond acceptors (Lipinski definition) is 5. The zero-order valence-corrected chi connectivity index (χ0v) is 15.2. The van der Waals surface area contributed by atoms with E-state index in [2.05, 4.69) is 46.3 Å². The maximum atomic E-state index is 11.7. The number of nitrogen functional groups attached to an aromatic ring is 1. The lowest BCUT2D eigenvalue weighted by Gasteiger charge is -2.37. The second-order valence-electron chi connectivity index (χ2n) is 6.80. The minimum absolute atomic E-state index is 0.179. The van der Waals surface area contributed by atoms with Gasteiger partial charge in [-0.2, -0.15) is 0 Å². The second-order valence-corrected chi connectivity index (χ2v) is 6.80. The van der Waals surface area contributed by atoms with Crippen LogP contribution >= 0.6 is 0 Å². The Morgan fingerprint density at radius 1 is 1.08 bits per heavy atom. The molecular weight excluding hydrogens is 326 g/mol. The van der Waals surface area contributed by atoms with Gasteiger partial charge in [-0.15, -0.1) is 0 Å². The van der Waals surface area contributed by atoms with Crippen molar-refractivity contribution in [1.29, 1.82) is 0 Å². The summed E-state index contributed by atoms with van der Waals surface area (Å²) in [5.41, 5.74) is 14.1. The highest BCUT2D eigenvalue weighted by molar-refractivity contribution is 6.03. The molecule has 5 N–H and O–H groups in total. The monoisotopic (exact) mass is 353 g/mol. The molecule has 3 rings (SSSR count). The summed E-state index contributed by atoms with van der Waals surface area (Å²) in [4.78, 5) is 16.5. The van der Waals surface area contributed by atoms with E-state index < -0.39 is 5.91 Å². The van der Waals surface area contributed by atoms with Crippen molar-refractivity contribution in [2.75, 3.05) is 48.7 Å². The van der Waals surface area contributed by atoms with Gasteiger partial charge in [0, 0.05) is 55.8 Å². The van der Waals surface area contributed by atoms with Gasteiger partial charge in [-0.1, -0.05) is 24.3 Å². The van der Waals surface area contributed by atoms with Gasteiger partial charge in [0.1, 0.15) is 0 Å². The number of nitrogens with two attached hydrogens (primary N) is 2. The number of nitrogens with one attached hydrogen (secondary N) is 1. The maximum absolute atomic E-state index is 11.7. The van der Waals surface area contributed by atoms with E-state index in [1.807, 2.05) is 18.2 Å². The van der Waals surface area contributed by atoms with Crippen LogP contribution in [0.3, 0.4) is 0 Å². The van der Waals surface area contributed by atoms with E-state index in [9.17, 15) is 4.79 Å². The van der Waals surface area contributed by atoms with Gasteiger partial charge in [0.05, 0.1) is 5.56 Å². The molecule has 2 aromatic rings. The fourth-order valence-electron chi connectivity index (χ4n) is 3.49. The Morgan fingerprint density at radius 2 is 1.77 bits per heavy atom. The normalized spacial score (nSPS) is 16.3. The molecule has 1 fully saturated rings. The van der Waals surface area contributed by atoms with Crippen LogP contribution in [-0.2, 0) is 0 Å². The SMILES string of the molecule is CC(CN1CCN(c2ccccc2)CC1)Nc1cccc(N)c1C(N)=O. The van der Waals surface area contributed by atoms with Crippen molar-refractivity contribution in [2.24, 2.45) is 5.73 Å². The first-order valence-electron chi connectivity index (χ1n) is 9.02. The molecule has 6 heteroatoms. The van der Waals surface area contributed by atoms with Crippen molar-refractivity contribution < 1.29 is 4.79 Å². The topological polar surface area (TPSA) is 87.6 Å².